The van der Waals surface area contributed by atoms with Crippen molar-refractivity contribution >= 4 is 34.0 Å². The number of likely N-dealkylation sites (N-methyl/N-ethyl adjacent to an activating group) is 1. The number of aliphatic hydroxyl groups excluding tert-OH is 1. The number of amides is 1. The SMILES string of the molecule is CCCN(CC(=O)NC)c1nc(Cl)c(CO)s1. The number of hydrogen-bond acceptors (Lipinski definition) is 5. The highest BCUT2D eigenvalue weighted by Crippen LogP contribution is 2.29. The van der Waals surface area contributed by atoms with E-state index < -0.39 is 0 Å². The first-order valence-electron chi connectivity index (χ1n) is 5.34. The maximum atomic E-state index is 11.4. The van der Waals surface area contributed by atoms with Gasteiger partial charge in [0, 0.05) is 13.6 Å². The van der Waals surface area contributed by atoms with Crippen molar-refractivity contribution in [1.82, 2.24) is 10.3 Å². The second-order valence-electron chi connectivity index (χ2n) is 3.46. The van der Waals surface area contributed by atoms with E-state index in [4.69, 9.17) is 16.7 Å². The van der Waals surface area contributed by atoms with Gasteiger partial charge in [0.1, 0.15) is 5.15 Å². The minimum absolute atomic E-state index is 0.0738. The van der Waals surface area contributed by atoms with E-state index in [0.717, 1.165) is 13.0 Å². The molecule has 1 aromatic heterocycles. The van der Waals surface area contributed by atoms with Crippen LogP contribution in [0.1, 0.15) is 18.2 Å². The second-order valence-corrected chi connectivity index (χ2v) is 4.88. The summed E-state index contributed by atoms with van der Waals surface area (Å²) in [7, 11) is 1.60. The monoisotopic (exact) mass is 277 g/mol. The molecule has 0 bridgehead atoms. The molecule has 1 rings (SSSR count). The Hall–Kier alpha value is -0.850. The lowest BCUT2D eigenvalue weighted by Crippen LogP contribution is -2.36. The maximum absolute atomic E-state index is 11.4. The van der Waals surface area contributed by atoms with Gasteiger partial charge in [-0.25, -0.2) is 4.98 Å². The van der Waals surface area contributed by atoms with E-state index in [2.05, 4.69) is 10.3 Å². The highest BCUT2D eigenvalue weighted by molar-refractivity contribution is 7.16. The van der Waals surface area contributed by atoms with Crippen molar-refractivity contribution in [3.63, 3.8) is 0 Å². The van der Waals surface area contributed by atoms with E-state index in [0.29, 0.717) is 15.2 Å². The van der Waals surface area contributed by atoms with Crippen LogP contribution >= 0.6 is 22.9 Å². The number of aliphatic hydroxyl groups is 1. The summed E-state index contributed by atoms with van der Waals surface area (Å²) >= 11 is 7.18. The van der Waals surface area contributed by atoms with Crippen LogP contribution in [0.5, 0.6) is 0 Å². The standard InChI is InChI=1S/C10H16ClN3O2S/c1-3-4-14(5-8(16)12-2)10-13-9(11)7(6-15)17-10/h15H,3-6H2,1-2H3,(H,12,16). The van der Waals surface area contributed by atoms with Gasteiger partial charge in [-0.1, -0.05) is 29.9 Å². The van der Waals surface area contributed by atoms with Crippen LogP contribution in [0.25, 0.3) is 0 Å². The Kier molecular flexibility index (Phi) is 5.67. The van der Waals surface area contributed by atoms with Crippen molar-refractivity contribution in [2.75, 3.05) is 25.0 Å². The van der Waals surface area contributed by atoms with Gasteiger partial charge in [0.2, 0.25) is 5.91 Å². The Bertz CT molecular complexity index is 384. The van der Waals surface area contributed by atoms with E-state index in [1.807, 2.05) is 11.8 Å². The third kappa shape index (κ3) is 3.83. The zero-order chi connectivity index (χ0) is 12.8. The molecule has 0 saturated heterocycles. The molecule has 0 aromatic carbocycles. The van der Waals surface area contributed by atoms with Gasteiger partial charge in [-0.05, 0) is 6.42 Å². The first kappa shape index (κ1) is 14.2. The first-order chi connectivity index (χ1) is 8.12. The third-order valence-corrected chi connectivity index (χ3v) is 3.68. The quantitative estimate of drug-likeness (QED) is 0.821. The van der Waals surface area contributed by atoms with Gasteiger partial charge < -0.3 is 15.3 Å². The molecule has 96 valence electrons. The van der Waals surface area contributed by atoms with E-state index >= 15 is 0 Å². The molecular formula is C10H16ClN3O2S. The Morgan fingerprint density at radius 2 is 2.35 bits per heavy atom. The minimum Gasteiger partial charge on any atom is -0.391 e. The molecule has 1 amide bonds. The molecule has 5 nitrogen and oxygen atoms in total. The number of halogens is 1. The van der Waals surface area contributed by atoms with Crippen LogP contribution in [-0.4, -0.2) is 36.1 Å². The number of anilines is 1. The summed E-state index contributed by atoms with van der Waals surface area (Å²) in [5.74, 6) is -0.0738. The van der Waals surface area contributed by atoms with E-state index in [1.165, 1.54) is 11.3 Å². The number of carbonyl (C=O) groups is 1. The fraction of sp³-hybridized carbons (Fsp3) is 0.600. The van der Waals surface area contributed by atoms with Crippen LogP contribution in [-0.2, 0) is 11.4 Å². The van der Waals surface area contributed by atoms with Crippen molar-refractivity contribution in [3.05, 3.63) is 10.0 Å². The fourth-order valence-electron chi connectivity index (χ4n) is 1.32. The van der Waals surface area contributed by atoms with Crippen molar-refractivity contribution in [2.45, 2.75) is 20.0 Å². The van der Waals surface area contributed by atoms with Crippen molar-refractivity contribution < 1.29 is 9.90 Å². The number of nitrogens with one attached hydrogen (secondary N) is 1. The molecule has 0 spiro atoms. The van der Waals surface area contributed by atoms with Crippen molar-refractivity contribution in [3.8, 4) is 0 Å². The Balaban J connectivity index is 2.84. The van der Waals surface area contributed by atoms with E-state index in [9.17, 15) is 4.79 Å². The predicted octanol–water partition coefficient (Wildman–Crippen LogP) is 1.25. The molecule has 0 aliphatic heterocycles. The molecule has 7 heteroatoms. The van der Waals surface area contributed by atoms with Gasteiger partial charge in [0.05, 0.1) is 18.0 Å². The number of aromatic nitrogens is 1. The van der Waals surface area contributed by atoms with Gasteiger partial charge in [0.15, 0.2) is 5.13 Å². The molecule has 0 saturated carbocycles. The summed E-state index contributed by atoms with van der Waals surface area (Å²) in [5.41, 5.74) is 0. The molecule has 1 heterocycles. The van der Waals surface area contributed by atoms with Gasteiger partial charge in [-0.2, -0.15) is 0 Å². The molecule has 0 fully saturated rings. The lowest BCUT2D eigenvalue weighted by molar-refractivity contribution is -0.119. The number of carbonyl (C=O) groups excluding carboxylic acids is 1. The van der Waals surface area contributed by atoms with E-state index in [1.54, 1.807) is 7.05 Å². The van der Waals surface area contributed by atoms with Crippen LogP contribution in [0.15, 0.2) is 0 Å². The topological polar surface area (TPSA) is 65.5 Å². The van der Waals surface area contributed by atoms with E-state index in [-0.39, 0.29) is 19.1 Å². The molecule has 0 radical (unpaired) electrons. The van der Waals surface area contributed by atoms with Gasteiger partial charge in [-0.15, -0.1) is 0 Å². The lowest BCUT2D eigenvalue weighted by atomic mass is 10.4. The molecule has 0 unspecified atom stereocenters. The number of nitrogens with zero attached hydrogens (tertiary/aromatic N) is 2. The molecule has 1 aromatic rings. The minimum atomic E-state index is -0.129. The fourth-order valence-corrected chi connectivity index (χ4v) is 2.46. The summed E-state index contributed by atoms with van der Waals surface area (Å²) in [6.07, 6.45) is 0.905. The van der Waals surface area contributed by atoms with Crippen LogP contribution < -0.4 is 10.2 Å². The van der Waals surface area contributed by atoms with Gasteiger partial charge in [0.25, 0.3) is 0 Å². The zero-order valence-electron chi connectivity index (χ0n) is 9.86. The summed E-state index contributed by atoms with van der Waals surface area (Å²) in [5, 5.41) is 12.6. The molecule has 0 atom stereocenters. The summed E-state index contributed by atoms with van der Waals surface area (Å²) < 4.78 is 0. The Morgan fingerprint density at radius 1 is 1.65 bits per heavy atom. The molecule has 0 aliphatic rings. The van der Waals surface area contributed by atoms with Crippen LogP contribution in [0, 0.1) is 0 Å². The van der Waals surface area contributed by atoms with Crippen molar-refractivity contribution in [2.24, 2.45) is 0 Å². The van der Waals surface area contributed by atoms with Gasteiger partial charge in [-0.3, -0.25) is 4.79 Å². The zero-order valence-corrected chi connectivity index (χ0v) is 11.4. The smallest absolute Gasteiger partial charge is 0.239 e. The van der Waals surface area contributed by atoms with Crippen LogP contribution in [0.4, 0.5) is 5.13 Å². The summed E-state index contributed by atoms with van der Waals surface area (Å²) in [6.45, 7) is 2.87. The molecule has 17 heavy (non-hydrogen) atoms. The molecule has 0 aliphatic carbocycles. The normalized spacial score (nSPS) is 10.4. The highest BCUT2D eigenvalue weighted by atomic mass is 35.5. The predicted molar refractivity (Wildman–Crippen MR) is 69.6 cm³/mol. The summed E-state index contributed by atoms with van der Waals surface area (Å²) in [6, 6.07) is 0. The Morgan fingerprint density at radius 3 is 2.82 bits per heavy atom. The highest BCUT2D eigenvalue weighted by Gasteiger charge is 2.16. The number of hydrogen-bond donors (Lipinski definition) is 2. The molecular weight excluding hydrogens is 262 g/mol. The average molecular weight is 278 g/mol. The number of thiazole rings is 1. The maximum Gasteiger partial charge on any atom is 0.239 e. The van der Waals surface area contributed by atoms with Crippen molar-refractivity contribution in [1.29, 1.82) is 0 Å². The Labute approximate surface area is 109 Å². The molecule has 2 N–H and O–H groups in total. The third-order valence-electron chi connectivity index (χ3n) is 2.16. The second kappa shape index (κ2) is 6.78. The van der Waals surface area contributed by atoms with Crippen LogP contribution in [0.2, 0.25) is 5.15 Å². The largest absolute Gasteiger partial charge is 0.391 e. The number of rotatable bonds is 6. The lowest BCUT2D eigenvalue weighted by Gasteiger charge is -2.19. The van der Waals surface area contributed by atoms with Crippen LogP contribution in [0.3, 0.4) is 0 Å². The first-order valence-corrected chi connectivity index (χ1v) is 6.53. The average Bonchev–Trinajstić information content (AvgIpc) is 2.69. The summed E-state index contributed by atoms with van der Waals surface area (Å²) in [4.78, 5) is 18.0. The van der Waals surface area contributed by atoms with Gasteiger partial charge >= 0.3 is 0 Å².